The molecule has 2 unspecified atom stereocenters. The van der Waals surface area contributed by atoms with Gasteiger partial charge in [-0.05, 0) is 12.2 Å². The predicted octanol–water partition coefficient (Wildman–Crippen LogP) is -0.399. The van der Waals surface area contributed by atoms with E-state index >= 15 is 0 Å². The molecule has 1 aliphatic rings. The van der Waals surface area contributed by atoms with Gasteiger partial charge < -0.3 is 10.8 Å². The van der Waals surface area contributed by atoms with Crippen LogP contribution in [0.25, 0.3) is 0 Å². The van der Waals surface area contributed by atoms with Gasteiger partial charge in [0.25, 0.3) is 0 Å². The van der Waals surface area contributed by atoms with Crippen LogP contribution in [0.5, 0.6) is 0 Å². The van der Waals surface area contributed by atoms with Gasteiger partial charge in [0.15, 0.2) is 0 Å². The summed E-state index contributed by atoms with van der Waals surface area (Å²) in [6.07, 6.45) is 4.95. The molecule has 0 saturated heterocycles. The highest BCUT2D eigenvalue weighted by molar-refractivity contribution is 5.22. The summed E-state index contributed by atoms with van der Waals surface area (Å²) in [6.45, 7) is -0.0258. The predicted molar refractivity (Wildman–Crippen MR) is 36.8 cm³/mol. The van der Waals surface area contributed by atoms with Gasteiger partial charge in [0.05, 0.1) is 0 Å². The second kappa shape index (κ2) is 2.54. The SMILES string of the molecule is NCC1(O)C=CC=CC1[O]. The van der Waals surface area contributed by atoms with Gasteiger partial charge in [0, 0.05) is 6.54 Å². The fraction of sp³-hybridized carbons (Fsp3) is 0.429. The van der Waals surface area contributed by atoms with E-state index in [0.29, 0.717) is 0 Å². The van der Waals surface area contributed by atoms with Crippen molar-refractivity contribution < 1.29 is 10.2 Å². The lowest BCUT2D eigenvalue weighted by atomic mass is 9.93. The van der Waals surface area contributed by atoms with E-state index in [1.807, 2.05) is 0 Å². The Morgan fingerprint density at radius 3 is 2.70 bits per heavy atom. The smallest absolute Gasteiger partial charge is 0.145 e. The maximum atomic E-state index is 11.0. The molecule has 0 bridgehead atoms. The second-order valence-corrected chi connectivity index (χ2v) is 2.36. The van der Waals surface area contributed by atoms with Crippen molar-refractivity contribution in [2.24, 2.45) is 5.73 Å². The number of hydrogen-bond acceptors (Lipinski definition) is 2. The van der Waals surface area contributed by atoms with Crippen LogP contribution >= 0.6 is 0 Å². The van der Waals surface area contributed by atoms with E-state index in [4.69, 9.17) is 5.73 Å². The Balaban J connectivity index is 2.77. The Bertz CT molecular complexity index is 176. The molecule has 3 nitrogen and oxygen atoms in total. The molecular formula is C7H10NO2. The zero-order valence-corrected chi connectivity index (χ0v) is 5.53. The number of allylic oxidation sites excluding steroid dienone is 2. The van der Waals surface area contributed by atoms with Gasteiger partial charge in [-0.15, -0.1) is 0 Å². The summed E-state index contributed by atoms with van der Waals surface area (Å²) in [5.41, 5.74) is 3.83. The highest BCUT2D eigenvalue weighted by atomic mass is 16.3. The summed E-state index contributed by atoms with van der Waals surface area (Å²) in [5, 5.41) is 20.3. The summed E-state index contributed by atoms with van der Waals surface area (Å²) in [5.74, 6) is 0. The first-order valence-electron chi connectivity index (χ1n) is 3.13. The molecule has 0 fully saturated rings. The molecule has 0 aromatic carbocycles. The molecule has 0 saturated carbocycles. The van der Waals surface area contributed by atoms with Gasteiger partial charge in [-0.3, -0.25) is 0 Å². The number of nitrogens with two attached hydrogens (primary N) is 1. The number of rotatable bonds is 1. The number of hydrogen-bond donors (Lipinski definition) is 2. The summed E-state index contributed by atoms with van der Waals surface area (Å²) < 4.78 is 0. The average molecular weight is 140 g/mol. The van der Waals surface area contributed by atoms with Crippen molar-refractivity contribution in [2.75, 3.05) is 6.54 Å². The van der Waals surface area contributed by atoms with Gasteiger partial charge in [0.1, 0.15) is 11.7 Å². The molecule has 0 heterocycles. The van der Waals surface area contributed by atoms with Crippen molar-refractivity contribution >= 4 is 0 Å². The molecule has 10 heavy (non-hydrogen) atoms. The van der Waals surface area contributed by atoms with Crippen molar-refractivity contribution in [1.82, 2.24) is 0 Å². The molecule has 0 aromatic heterocycles. The Hall–Kier alpha value is -0.640. The molecule has 1 radical (unpaired) electrons. The largest absolute Gasteiger partial charge is 0.381 e. The summed E-state index contributed by atoms with van der Waals surface area (Å²) >= 11 is 0. The third-order valence-electron chi connectivity index (χ3n) is 1.60. The molecule has 2 atom stereocenters. The first-order valence-corrected chi connectivity index (χ1v) is 3.13. The van der Waals surface area contributed by atoms with Crippen LogP contribution in [0.1, 0.15) is 0 Å². The molecule has 0 amide bonds. The summed E-state index contributed by atoms with van der Waals surface area (Å²) in [7, 11) is 0. The highest BCUT2D eigenvalue weighted by Crippen LogP contribution is 2.16. The van der Waals surface area contributed by atoms with Crippen molar-refractivity contribution in [3.8, 4) is 0 Å². The molecular weight excluding hydrogens is 130 g/mol. The Morgan fingerprint density at radius 2 is 2.30 bits per heavy atom. The van der Waals surface area contributed by atoms with E-state index < -0.39 is 11.7 Å². The van der Waals surface area contributed by atoms with Crippen LogP contribution in [0, 0.1) is 0 Å². The highest BCUT2D eigenvalue weighted by Gasteiger charge is 2.32. The van der Waals surface area contributed by atoms with Crippen LogP contribution in [-0.4, -0.2) is 23.4 Å². The maximum Gasteiger partial charge on any atom is 0.145 e. The molecule has 55 valence electrons. The molecule has 1 aliphatic carbocycles. The summed E-state index contributed by atoms with van der Waals surface area (Å²) in [4.78, 5) is 0. The zero-order valence-electron chi connectivity index (χ0n) is 5.53. The first-order chi connectivity index (χ1) is 4.69. The van der Waals surface area contributed by atoms with Gasteiger partial charge in [-0.2, -0.15) is 0 Å². The maximum absolute atomic E-state index is 11.0. The number of aliphatic hydroxyl groups is 1. The standard InChI is InChI=1S/C7H10NO2/c8-5-7(10)4-2-1-3-6(7)9/h1-4,6,10H,5,8H2. The van der Waals surface area contributed by atoms with Gasteiger partial charge in [0.2, 0.25) is 0 Å². The molecule has 0 aliphatic heterocycles. The Morgan fingerprint density at radius 1 is 1.60 bits per heavy atom. The van der Waals surface area contributed by atoms with Gasteiger partial charge in [-0.25, -0.2) is 5.11 Å². The average Bonchev–Trinajstić information content (AvgIpc) is 1.96. The van der Waals surface area contributed by atoms with E-state index in [1.165, 1.54) is 12.2 Å². The van der Waals surface area contributed by atoms with Gasteiger partial charge in [-0.1, -0.05) is 12.2 Å². The quantitative estimate of drug-likeness (QED) is 0.520. The van der Waals surface area contributed by atoms with E-state index in [2.05, 4.69) is 0 Å². The zero-order chi connectivity index (χ0) is 7.61. The topological polar surface area (TPSA) is 66.2 Å². The van der Waals surface area contributed by atoms with Crippen LogP contribution < -0.4 is 5.73 Å². The minimum Gasteiger partial charge on any atom is -0.381 e. The molecule has 3 N–H and O–H groups in total. The van der Waals surface area contributed by atoms with Crippen LogP contribution in [0.15, 0.2) is 24.3 Å². The first kappa shape index (κ1) is 7.47. The Labute approximate surface area is 59.5 Å². The minimum absolute atomic E-state index is 0.0258. The summed E-state index contributed by atoms with van der Waals surface area (Å²) in [6, 6.07) is 0. The van der Waals surface area contributed by atoms with Crippen LogP contribution in [0.3, 0.4) is 0 Å². The molecule has 3 heteroatoms. The molecule has 0 aromatic rings. The Kier molecular flexibility index (Phi) is 1.89. The molecule has 1 rings (SSSR count). The third-order valence-corrected chi connectivity index (χ3v) is 1.60. The van der Waals surface area contributed by atoms with Crippen molar-refractivity contribution in [1.29, 1.82) is 0 Å². The van der Waals surface area contributed by atoms with Crippen molar-refractivity contribution in [3.05, 3.63) is 24.3 Å². The lowest BCUT2D eigenvalue weighted by Gasteiger charge is -2.26. The lowest BCUT2D eigenvalue weighted by molar-refractivity contribution is -0.0433. The fourth-order valence-corrected chi connectivity index (χ4v) is 0.833. The van der Waals surface area contributed by atoms with Crippen molar-refractivity contribution in [3.63, 3.8) is 0 Å². The molecule has 0 spiro atoms. The van der Waals surface area contributed by atoms with Crippen LogP contribution in [0.4, 0.5) is 0 Å². The third kappa shape index (κ3) is 1.11. The van der Waals surface area contributed by atoms with E-state index in [-0.39, 0.29) is 6.54 Å². The van der Waals surface area contributed by atoms with E-state index in [0.717, 1.165) is 0 Å². The monoisotopic (exact) mass is 140 g/mol. The van der Waals surface area contributed by atoms with Crippen LogP contribution in [0.2, 0.25) is 0 Å². The van der Waals surface area contributed by atoms with E-state index in [1.54, 1.807) is 12.2 Å². The van der Waals surface area contributed by atoms with E-state index in [9.17, 15) is 10.2 Å². The minimum atomic E-state index is -1.37. The lowest BCUT2D eigenvalue weighted by Crippen LogP contribution is -2.46. The second-order valence-electron chi connectivity index (χ2n) is 2.36. The normalized spacial score (nSPS) is 38.5. The van der Waals surface area contributed by atoms with Gasteiger partial charge >= 0.3 is 0 Å². The van der Waals surface area contributed by atoms with Crippen molar-refractivity contribution in [2.45, 2.75) is 11.7 Å². The fourth-order valence-electron chi connectivity index (χ4n) is 0.833. The van der Waals surface area contributed by atoms with Crippen LogP contribution in [-0.2, 0) is 5.11 Å².